The zero-order chi connectivity index (χ0) is 12.2. The molecule has 0 aliphatic carbocycles. The van der Waals surface area contributed by atoms with E-state index in [2.05, 4.69) is 15.9 Å². The van der Waals surface area contributed by atoms with Crippen LogP contribution in [0.4, 0.5) is 4.79 Å². The maximum Gasteiger partial charge on any atom is 0.410 e. The molecule has 4 nitrogen and oxygen atoms in total. The normalized spacial score (nSPS) is 22.8. The summed E-state index contributed by atoms with van der Waals surface area (Å²) >= 11 is 3.39. The second-order valence-corrected chi connectivity index (χ2v) is 5.55. The van der Waals surface area contributed by atoms with Crippen LogP contribution in [-0.4, -0.2) is 47.7 Å². The molecule has 5 heteroatoms. The number of alkyl halides is 1. The summed E-state index contributed by atoms with van der Waals surface area (Å²) < 4.78 is 10.9. The number of halogens is 1. The van der Waals surface area contributed by atoms with Crippen molar-refractivity contribution < 1.29 is 14.3 Å². The minimum Gasteiger partial charge on any atom is -0.444 e. The van der Waals surface area contributed by atoms with Crippen LogP contribution >= 0.6 is 15.9 Å². The quantitative estimate of drug-likeness (QED) is 0.697. The number of nitrogens with zero attached hydrogens (tertiary/aromatic N) is 1. The van der Waals surface area contributed by atoms with Crippen LogP contribution in [0.25, 0.3) is 0 Å². The predicted octanol–water partition coefficient (Wildman–Crippen LogP) is 2.41. The number of ether oxygens (including phenoxy) is 2. The van der Waals surface area contributed by atoms with Gasteiger partial charge in [0.15, 0.2) is 0 Å². The van der Waals surface area contributed by atoms with Gasteiger partial charge in [-0.2, -0.15) is 0 Å². The lowest BCUT2D eigenvalue weighted by atomic mass is 10.2. The molecule has 1 rings (SSSR count). The molecule has 1 heterocycles. The number of amides is 1. The second kappa shape index (κ2) is 5.87. The fourth-order valence-electron chi connectivity index (χ4n) is 1.46. The van der Waals surface area contributed by atoms with Gasteiger partial charge in [0.1, 0.15) is 5.60 Å². The van der Waals surface area contributed by atoms with Gasteiger partial charge in [0.25, 0.3) is 0 Å². The van der Waals surface area contributed by atoms with Crippen molar-refractivity contribution >= 4 is 22.0 Å². The molecule has 1 unspecified atom stereocenters. The standard InChI is InChI=1S/C11H20BrNO3/c1-11(2,3)16-10(14)13-5-4-9(8-12)15-7-6-13/h9H,4-8H2,1-3H3. The summed E-state index contributed by atoms with van der Waals surface area (Å²) in [6.45, 7) is 7.51. The smallest absolute Gasteiger partial charge is 0.410 e. The monoisotopic (exact) mass is 293 g/mol. The predicted molar refractivity (Wildman–Crippen MR) is 66.0 cm³/mol. The third-order valence-corrected chi connectivity index (χ3v) is 2.98. The molecular weight excluding hydrogens is 274 g/mol. The molecule has 1 aliphatic rings. The van der Waals surface area contributed by atoms with Gasteiger partial charge in [0.05, 0.1) is 12.7 Å². The molecule has 0 bridgehead atoms. The first kappa shape index (κ1) is 13.8. The molecule has 0 spiro atoms. The zero-order valence-electron chi connectivity index (χ0n) is 10.2. The van der Waals surface area contributed by atoms with E-state index in [1.165, 1.54) is 0 Å². The molecule has 0 N–H and O–H groups in total. The fraction of sp³-hybridized carbons (Fsp3) is 0.909. The molecule has 1 aliphatic heterocycles. The highest BCUT2D eigenvalue weighted by Gasteiger charge is 2.24. The lowest BCUT2D eigenvalue weighted by Crippen LogP contribution is -2.38. The van der Waals surface area contributed by atoms with Gasteiger partial charge >= 0.3 is 6.09 Å². The Morgan fingerprint density at radius 3 is 2.75 bits per heavy atom. The van der Waals surface area contributed by atoms with Crippen molar-refractivity contribution in [3.05, 3.63) is 0 Å². The first-order valence-electron chi connectivity index (χ1n) is 5.58. The number of rotatable bonds is 1. The third kappa shape index (κ3) is 4.70. The van der Waals surface area contributed by atoms with E-state index in [0.717, 1.165) is 11.8 Å². The maximum absolute atomic E-state index is 11.8. The topological polar surface area (TPSA) is 38.8 Å². The lowest BCUT2D eigenvalue weighted by molar-refractivity contribution is 0.0236. The largest absolute Gasteiger partial charge is 0.444 e. The average molecular weight is 294 g/mol. The summed E-state index contributed by atoms with van der Waals surface area (Å²) in [5, 5.41) is 0.815. The van der Waals surface area contributed by atoms with Crippen LogP contribution in [0, 0.1) is 0 Å². The SMILES string of the molecule is CC(C)(C)OC(=O)N1CCOC(CBr)CC1. The molecule has 94 valence electrons. The van der Waals surface area contributed by atoms with Gasteiger partial charge in [-0.3, -0.25) is 0 Å². The van der Waals surface area contributed by atoms with Gasteiger partial charge in [-0.05, 0) is 27.2 Å². The number of carbonyl (C=O) groups excluding carboxylic acids is 1. The van der Waals surface area contributed by atoms with Crippen LogP contribution in [0.5, 0.6) is 0 Å². The Labute approximate surface area is 105 Å². The van der Waals surface area contributed by atoms with Crippen molar-refractivity contribution in [3.8, 4) is 0 Å². The molecule has 1 saturated heterocycles. The molecule has 0 saturated carbocycles. The minimum absolute atomic E-state index is 0.201. The molecule has 1 amide bonds. The van der Waals surface area contributed by atoms with Crippen molar-refractivity contribution in [3.63, 3.8) is 0 Å². The summed E-state index contributed by atoms with van der Waals surface area (Å²) in [6.07, 6.45) is 0.809. The summed E-state index contributed by atoms with van der Waals surface area (Å²) in [7, 11) is 0. The maximum atomic E-state index is 11.8. The first-order chi connectivity index (χ1) is 7.42. The number of hydrogen-bond donors (Lipinski definition) is 0. The van der Waals surface area contributed by atoms with Gasteiger partial charge in [0, 0.05) is 18.4 Å². The summed E-state index contributed by atoms with van der Waals surface area (Å²) in [6, 6.07) is 0. The summed E-state index contributed by atoms with van der Waals surface area (Å²) in [5.41, 5.74) is -0.431. The highest BCUT2D eigenvalue weighted by Crippen LogP contribution is 2.14. The number of carbonyl (C=O) groups is 1. The summed E-state index contributed by atoms with van der Waals surface area (Å²) in [4.78, 5) is 13.5. The fourth-order valence-corrected chi connectivity index (χ4v) is 1.97. The van der Waals surface area contributed by atoms with Gasteiger partial charge in [-0.15, -0.1) is 0 Å². The van der Waals surface area contributed by atoms with Gasteiger partial charge in [-0.25, -0.2) is 4.79 Å². The molecule has 16 heavy (non-hydrogen) atoms. The van der Waals surface area contributed by atoms with Crippen LogP contribution in [0.1, 0.15) is 27.2 Å². The number of hydrogen-bond acceptors (Lipinski definition) is 3. The van der Waals surface area contributed by atoms with Gasteiger partial charge < -0.3 is 14.4 Å². The molecule has 0 radical (unpaired) electrons. The first-order valence-corrected chi connectivity index (χ1v) is 6.70. The van der Waals surface area contributed by atoms with Crippen molar-refractivity contribution in [2.24, 2.45) is 0 Å². The van der Waals surface area contributed by atoms with Crippen molar-refractivity contribution in [1.29, 1.82) is 0 Å². The second-order valence-electron chi connectivity index (χ2n) is 4.90. The van der Waals surface area contributed by atoms with Crippen molar-refractivity contribution in [1.82, 2.24) is 4.90 Å². The van der Waals surface area contributed by atoms with Crippen molar-refractivity contribution in [2.75, 3.05) is 25.0 Å². The Hall–Kier alpha value is -0.290. The minimum atomic E-state index is -0.431. The van der Waals surface area contributed by atoms with E-state index < -0.39 is 5.60 Å². The van der Waals surface area contributed by atoms with Crippen LogP contribution in [0.15, 0.2) is 0 Å². The van der Waals surface area contributed by atoms with E-state index >= 15 is 0 Å². The van der Waals surface area contributed by atoms with E-state index in [0.29, 0.717) is 19.7 Å². The van der Waals surface area contributed by atoms with Crippen LogP contribution in [0.3, 0.4) is 0 Å². The molecular formula is C11H20BrNO3. The molecule has 0 aromatic heterocycles. The van der Waals surface area contributed by atoms with E-state index in [9.17, 15) is 4.79 Å². The Morgan fingerprint density at radius 2 is 2.19 bits per heavy atom. The highest BCUT2D eigenvalue weighted by atomic mass is 79.9. The average Bonchev–Trinajstić information content (AvgIpc) is 2.39. The Morgan fingerprint density at radius 1 is 1.50 bits per heavy atom. The lowest BCUT2D eigenvalue weighted by Gasteiger charge is -2.25. The van der Waals surface area contributed by atoms with Crippen LogP contribution in [0.2, 0.25) is 0 Å². The van der Waals surface area contributed by atoms with Crippen molar-refractivity contribution in [2.45, 2.75) is 38.9 Å². The van der Waals surface area contributed by atoms with E-state index in [-0.39, 0.29) is 12.2 Å². The molecule has 0 aromatic rings. The third-order valence-electron chi connectivity index (χ3n) is 2.26. The van der Waals surface area contributed by atoms with E-state index in [1.54, 1.807) is 4.90 Å². The van der Waals surface area contributed by atoms with Crippen LogP contribution in [-0.2, 0) is 9.47 Å². The zero-order valence-corrected chi connectivity index (χ0v) is 11.7. The van der Waals surface area contributed by atoms with Crippen LogP contribution < -0.4 is 0 Å². The molecule has 1 atom stereocenters. The van der Waals surface area contributed by atoms with Gasteiger partial charge in [0.2, 0.25) is 0 Å². The van der Waals surface area contributed by atoms with E-state index in [1.807, 2.05) is 20.8 Å². The Balaban J connectivity index is 2.45. The highest BCUT2D eigenvalue weighted by molar-refractivity contribution is 9.09. The molecule has 0 aromatic carbocycles. The Bertz CT molecular complexity index is 240. The van der Waals surface area contributed by atoms with E-state index in [4.69, 9.17) is 9.47 Å². The Kier molecular flexibility index (Phi) is 5.05. The molecule has 1 fully saturated rings. The van der Waals surface area contributed by atoms with Gasteiger partial charge in [-0.1, -0.05) is 15.9 Å². The summed E-state index contributed by atoms with van der Waals surface area (Å²) in [5.74, 6) is 0.